The molecule has 0 aliphatic carbocycles. The van der Waals surface area contributed by atoms with Crippen LogP contribution in [0, 0.1) is 5.82 Å². The summed E-state index contributed by atoms with van der Waals surface area (Å²) in [5.41, 5.74) is 6.17. The number of nitrogens with two attached hydrogens (primary N) is 1. The van der Waals surface area contributed by atoms with Crippen LogP contribution in [-0.2, 0) is 16.6 Å². The molecule has 0 amide bonds. The summed E-state index contributed by atoms with van der Waals surface area (Å²) < 4.78 is 40.6. The molecule has 112 valence electrons. The van der Waals surface area contributed by atoms with Gasteiger partial charge >= 0.3 is 0 Å². The van der Waals surface area contributed by atoms with Gasteiger partial charge in [0.05, 0.1) is 10.7 Å². The minimum absolute atomic E-state index is 0.0285. The first-order valence-electron chi connectivity index (χ1n) is 5.79. The minimum atomic E-state index is -3.90. The van der Waals surface area contributed by atoms with E-state index in [1.54, 1.807) is 6.07 Å². The van der Waals surface area contributed by atoms with Gasteiger partial charge in [0.1, 0.15) is 10.7 Å². The van der Waals surface area contributed by atoms with Gasteiger partial charge in [0.25, 0.3) is 0 Å². The SMILES string of the molecule is Nc1cccc(Cl)c1S(=O)(=O)NCc1cc(F)ccc1Br. The van der Waals surface area contributed by atoms with Crippen molar-refractivity contribution < 1.29 is 12.8 Å². The van der Waals surface area contributed by atoms with Gasteiger partial charge < -0.3 is 5.73 Å². The van der Waals surface area contributed by atoms with E-state index in [0.717, 1.165) is 0 Å². The summed E-state index contributed by atoms with van der Waals surface area (Å²) in [5.74, 6) is -0.454. The summed E-state index contributed by atoms with van der Waals surface area (Å²) in [6.45, 7) is -0.0919. The van der Waals surface area contributed by atoms with Crippen molar-refractivity contribution in [2.45, 2.75) is 11.4 Å². The molecule has 2 aromatic rings. The third-order valence-electron chi connectivity index (χ3n) is 2.73. The highest BCUT2D eigenvalue weighted by atomic mass is 79.9. The lowest BCUT2D eigenvalue weighted by Crippen LogP contribution is -2.24. The maximum absolute atomic E-state index is 13.2. The molecule has 0 spiro atoms. The van der Waals surface area contributed by atoms with Gasteiger partial charge in [-0.1, -0.05) is 33.6 Å². The van der Waals surface area contributed by atoms with E-state index in [9.17, 15) is 12.8 Å². The highest BCUT2D eigenvalue weighted by Crippen LogP contribution is 2.27. The van der Waals surface area contributed by atoms with E-state index in [-0.39, 0.29) is 22.2 Å². The second-order valence-electron chi connectivity index (χ2n) is 4.22. The normalized spacial score (nSPS) is 11.6. The first-order chi connectivity index (χ1) is 9.81. The fourth-order valence-electron chi connectivity index (χ4n) is 1.73. The zero-order chi connectivity index (χ0) is 15.6. The molecule has 0 saturated heterocycles. The van der Waals surface area contributed by atoms with Crippen LogP contribution < -0.4 is 10.5 Å². The Morgan fingerprint density at radius 2 is 2.00 bits per heavy atom. The van der Waals surface area contributed by atoms with Crippen molar-refractivity contribution in [1.29, 1.82) is 0 Å². The maximum atomic E-state index is 13.2. The number of hydrogen-bond donors (Lipinski definition) is 2. The van der Waals surface area contributed by atoms with E-state index in [1.165, 1.54) is 30.3 Å². The fourth-order valence-corrected chi connectivity index (χ4v) is 3.80. The number of hydrogen-bond acceptors (Lipinski definition) is 3. The highest BCUT2D eigenvalue weighted by Gasteiger charge is 2.21. The predicted molar refractivity (Wildman–Crippen MR) is 84.0 cm³/mol. The largest absolute Gasteiger partial charge is 0.398 e. The molecular weight excluding hydrogens is 383 g/mol. The zero-order valence-electron chi connectivity index (χ0n) is 10.6. The molecule has 2 rings (SSSR count). The number of nitrogens with one attached hydrogen (secondary N) is 1. The molecule has 0 aliphatic rings. The molecule has 4 nitrogen and oxygen atoms in total. The summed E-state index contributed by atoms with van der Waals surface area (Å²) in [6.07, 6.45) is 0. The molecule has 0 saturated carbocycles. The van der Waals surface area contributed by atoms with E-state index in [2.05, 4.69) is 20.7 Å². The molecule has 0 atom stereocenters. The molecule has 3 N–H and O–H groups in total. The van der Waals surface area contributed by atoms with Gasteiger partial charge in [-0.05, 0) is 35.9 Å². The Hall–Kier alpha value is -1.15. The third kappa shape index (κ3) is 3.74. The molecule has 0 radical (unpaired) electrons. The molecule has 8 heteroatoms. The summed E-state index contributed by atoms with van der Waals surface area (Å²) in [7, 11) is -3.90. The van der Waals surface area contributed by atoms with Gasteiger partial charge in [-0.15, -0.1) is 0 Å². The Bertz CT molecular complexity index is 763. The van der Waals surface area contributed by atoms with Gasteiger partial charge in [-0.2, -0.15) is 0 Å². The van der Waals surface area contributed by atoms with Gasteiger partial charge in [0.15, 0.2) is 0 Å². The van der Waals surface area contributed by atoms with Gasteiger partial charge in [0.2, 0.25) is 10.0 Å². The van der Waals surface area contributed by atoms with Crippen LogP contribution in [0.5, 0.6) is 0 Å². The van der Waals surface area contributed by atoms with Crippen LogP contribution in [0.3, 0.4) is 0 Å². The summed E-state index contributed by atoms with van der Waals surface area (Å²) in [5, 5.41) is 0.0285. The maximum Gasteiger partial charge on any atom is 0.244 e. The van der Waals surface area contributed by atoms with Crippen LogP contribution in [0.4, 0.5) is 10.1 Å². The first-order valence-corrected chi connectivity index (χ1v) is 8.44. The minimum Gasteiger partial charge on any atom is -0.398 e. The van der Waals surface area contributed by atoms with Crippen molar-refractivity contribution in [3.8, 4) is 0 Å². The Balaban J connectivity index is 2.28. The summed E-state index contributed by atoms with van der Waals surface area (Å²) in [6, 6.07) is 8.45. The van der Waals surface area contributed by atoms with Crippen LogP contribution in [0.1, 0.15) is 5.56 Å². The average Bonchev–Trinajstić information content (AvgIpc) is 2.39. The second-order valence-corrected chi connectivity index (χ2v) is 7.18. The quantitative estimate of drug-likeness (QED) is 0.783. The number of rotatable bonds is 4. The standard InChI is InChI=1S/C13H11BrClFN2O2S/c14-10-5-4-9(16)6-8(10)7-18-21(19,20)13-11(15)2-1-3-12(13)17/h1-6,18H,7,17H2. The Kier molecular flexibility index (Phi) is 4.88. The number of anilines is 1. The molecule has 0 aromatic heterocycles. The zero-order valence-corrected chi connectivity index (χ0v) is 13.8. The van der Waals surface area contributed by atoms with Gasteiger partial charge in [-0.3, -0.25) is 0 Å². The molecule has 0 bridgehead atoms. The van der Waals surface area contributed by atoms with Crippen molar-refractivity contribution >= 4 is 43.2 Å². The third-order valence-corrected chi connectivity index (χ3v) is 5.44. The molecule has 0 aliphatic heterocycles. The Labute approximate surface area is 135 Å². The Morgan fingerprint density at radius 1 is 1.29 bits per heavy atom. The topological polar surface area (TPSA) is 72.2 Å². The van der Waals surface area contributed by atoms with Gasteiger partial charge in [-0.25, -0.2) is 17.5 Å². The molecule has 0 fully saturated rings. The Morgan fingerprint density at radius 3 is 2.67 bits per heavy atom. The predicted octanol–water partition coefficient (Wildman–Crippen LogP) is 3.30. The highest BCUT2D eigenvalue weighted by molar-refractivity contribution is 9.10. The van der Waals surface area contributed by atoms with Crippen LogP contribution in [-0.4, -0.2) is 8.42 Å². The van der Waals surface area contributed by atoms with Crippen molar-refractivity contribution in [3.05, 3.63) is 57.3 Å². The first kappa shape index (κ1) is 16.2. The molecule has 21 heavy (non-hydrogen) atoms. The monoisotopic (exact) mass is 392 g/mol. The molecular formula is C13H11BrClFN2O2S. The van der Waals surface area contributed by atoms with E-state index < -0.39 is 15.8 Å². The summed E-state index contributed by atoms with van der Waals surface area (Å²) >= 11 is 9.11. The van der Waals surface area contributed by atoms with Crippen LogP contribution in [0.15, 0.2) is 45.8 Å². The van der Waals surface area contributed by atoms with Crippen molar-refractivity contribution in [2.75, 3.05) is 5.73 Å². The van der Waals surface area contributed by atoms with Crippen LogP contribution in [0.25, 0.3) is 0 Å². The number of halogens is 3. The lowest BCUT2D eigenvalue weighted by atomic mass is 10.2. The molecule has 0 unspecified atom stereocenters. The number of benzene rings is 2. The lowest BCUT2D eigenvalue weighted by Gasteiger charge is -2.11. The number of nitrogen functional groups attached to an aromatic ring is 1. The van der Waals surface area contributed by atoms with Gasteiger partial charge in [0, 0.05) is 11.0 Å². The van der Waals surface area contributed by atoms with Crippen molar-refractivity contribution in [2.24, 2.45) is 0 Å². The van der Waals surface area contributed by atoms with E-state index in [0.29, 0.717) is 10.0 Å². The van der Waals surface area contributed by atoms with E-state index in [1.807, 2.05) is 0 Å². The summed E-state index contributed by atoms with van der Waals surface area (Å²) in [4.78, 5) is -0.181. The lowest BCUT2D eigenvalue weighted by molar-refractivity contribution is 0.580. The van der Waals surface area contributed by atoms with Crippen LogP contribution in [0.2, 0.25) is 5.02 Å². The van der Waals surface area contributed by atoms with Crippen molar-refractivity contribution in [3.63, 3.8) is 0 Å². The number of sulfonamides is 1. The molecule has 2 aromatic carbocycles. The van der Waals surface area contributed by atoms with Crippen molar-refractivity contribution in [1.82, 2.24) is 4.72 Å². The smallest absolute Gasteiger partial charge is 0.244 e. The second kappa shape index (κ2) is 6.31. The molecule has 0 heterocycles. The van der Waals surface area contributed by atoms with Crippen LogP contribution >= 0.6 is 27.5 Å². The van der Waals surface area contributed by atoms with E-state index in [4.69, 9.17) is 17.3 Å². The fraction of sp³-hybridized carbons (Fsp3) is 0.0769. The van der Waals surface area contributed by atoms with E-state index >= 15 is 0 Å². The average molecular weight is 394 g/mol.